The van der Waals surface area contributed by atoms with Crippen LogP contribution in [-0.4, -0.2) is 68.4 Å². The van der Waals surface area contributed by atoms with E-state index in [0.29, 0.717) is 13.2 Å². The number of benzene rings is 1. The molecule has 0 spiro atoms. The van der Waals surface area contributed by atoms with E-state index in [-0.39, 0.29) is 18.3 Å². The van der Waals surface area contributed by atoms with Gasteiger partial charge in [0.15, 0.2) is 11.5 Å². The van der Waals surface area contributed by atoms with Gasteiger partial charge in [0, 0.05) is 58.7 Å². The molecule has 2 aliphatic rings. The minimum absolute atomic E-state index is 0.149. The molecule has 1 aromatic carbocycles. The number of ether oxygens (including phenoxy) is 3. The predicted octanol–water partition coefficient (Wildman–Crippen LogP) is 2.26. The highest BCUT2D eigenvalue weighted by Gasteiger charge is 2.19. The number of amides is 1. The molecule has 1 fully saturated rings. The number of carbonyl (C=O) groups is 1. The first kappa shape index (κ1) is 22.9. The summed E-state index contributed by atoms with van der Waals surface area (Å²) in [4.78, 5) is 16.7. The van der Waals surface area contributed by atoms with Crippen LogP contribution in [0.25, 0.3) is 0 Å². The van der Waals surface area contributed by atoms with Gasteiger partial charge < -0.3 is 24.4 Å². The van der Waals surface area contributed by atoms with Gasteiger partial charge in [0.05, 0.1) is 0 Å². The van der Waals surface area contributed by atoms with Crippen molar-refractivity contribution in [3.8, 4) is 17.6 Å². The molecule has 31 heavy (non-hydrogen) atoms. The van der Waals surface area contributed by atoms with Gasteiger partial charge in [0.25, 0.3) is 5.91 Å². The van der Waals surface area contributed by atoms with E-state index in [2.05, 4.69) is 23.2 Å². The average molecular weight is 429 g/mol. The monoisotopic (exact) mass is 428 g/mol. The number of nitriles is 1. The second-order valence-electron chi connectivity index (χ2n) is 7.73. The molecular weight excluding hydrogens is 396 g/mol. The summed E-state index contributed by atoms with van der Waals surface area (Å²) < 4.78 is 16.3. The fourth-order valence-electron chi connectivity index (χ4n) is 3.49. The summed E-state index contributed by atoms with van der Waals surface area (Å²) in [6, 6.07) is 8.07. The zero-order chi connectivity index (χ0) is 21.9. The van der Waals surface area contributed by atoms with Gasteiger partial charge in [-0.3, -0.25) is 9.69 Å². The van der Waals surface area contributed by atoms with Gasteiger partial charge in [-0.25, -0.2) is 0 Å². The lowest BCUT2D eigenvalue weighted by Crippen LogP contribution is -2.44. The van der Waals surface area contributed by atoms with E-state index in [1.54, 1.807) is 6.20 Å². The molecule has 8 nitrogen and oxygen atoms in total. The van der Waals surface area contributed by atoms with Crippen LogP contribution in [-0.2, 0) is 16.1 Å². The summed E-state index contributed by atoms with van der Waals surface area (Å²) in [5.74, 6) is 1.28. The van der Waals surface area contributed by atoms with Gasteiger partial charge in [-0.15, -0.1) is 0 Å². The molecule has 168 valence electrons. The van der Waals surface area contributed by atoms with Crippen molar-refractivity contribution in [3.05, 3.63) is 35.5 Å². The number of nitrogens with one attached hydrogen (secondary N) is 1. The molecule has 3 rings (SSSR count). The molecule has 2 heterocycles. The van der Waals surface area contributed by atoms with Crippen molar-refractivity contribution in [3.63, 3.8) is 0 Å². The number of carbonyl (C=O) groups excluding carboxylic acids is 1. The molecule has 0 bridgehead atoms. The summed E-state index contributed by atoms with van der Waals surface area (Å²) >= 11 is 0. The van der Waals surface area contributed by atoms with Crippen molar-refractivity contribution in [1.82, 2.24) is 15.1 Å². The maximum atomic E-state index is 12.3. The summed E-state index contributed by atoms with van der Waals surface area (Å²) in [5, 5.41) is 12.2. The Hall–Kier alpha value is -2.76. The van der Waals surface area contributed by atoms with Crippen LogP contribution in [0, 0.1) is 11.3 Å². The van der Waals surface area contributed by atoms with Crippen molar-refractivity contribution in [1.29, 1.82) is 5.26 Å². The maximum Gasteiger partial charge on any atom is 0.263 e. The van der Waals surface area contributed by atoms with Crippen LogP contribution in [0.5, 0.6) is 11.5 Å². The Morgan fingerprint density at radius 2 is 1.97 bits per heavy atom. The summed E-state index contributed by atoms with van der Waals surface area (Å²) in [6.45, 7) is 8.40. The number of piperazine rings is 1. The van der Waals surface area contributed by atoms with E-state index in [4.69, 9.17) is 14.2 Å². The highest BCUT2D eigenvalue weighted by Crippen LogP contribution is 2.32. The standard InChI is InChI=1S/C23H32N4O4/c1-2-3-12-29-13-4-7-25-23(28)20(15-24)17-27-10-8-26(9-11-27)16-19-5-6-21-22(14-19)31-18-30-21/h5-6,14,17H,2-4,7-13,16,18H2,1H3,(H,25,28)/b20-17-. The lowest BCUT2D eigenvalue weighted by atomic mass is 10.1. The second-order valence-corrected chi connectivity index (χ2v) is 7.73. The number of nitrogens with zero attached hydrogens (tertiary/aromatic N) is 3. The Labute approximate surface area is 184 Å². The number of unbranched alkanes of at least 4 members (excludes halogenated alkanes) is 1. The molecule has 0 aromatic heterocycles. The van der Waals surface area contributed by atoms with Crippen molar-refractivity contribution < 1.29 is 19.0 Å². The average Bonchev–Trinajstić information content (AvgIpc) is 3.25. The third kappa shape index (κ3) is 7.16. The minimum atomic E-state index is -0.321. The highest BCUT2D eigenvalue weighted by molar-refractivity contribution is 5.97. The SMILES string of the molecule is CCCCOCCCNC(=O)/C(C#N)=C\N1CCN(Cc2ccc3c(c2)OCO3)CC1. The molecule has 0 radical (unpaired) electrons. The van der Waals surface area contributed by atoms with E-state index in [1.165, 1.54) is 5.56 Å². The first-order valence-electron chi connectivity index (χ1n) is 11.0. The fourth-order valence-corrected chi connectivity index (χ4v) is 3.49. The number of hydrogen-bond acceptors (Lipinski definition) is 7. The topological polar surface area (TPSA) is 87.1 Å². The van der Waals surface area contributed by atoms with Crippen LogP contribution in [0.4, 0.5) is 0 Å². The molecule has 2 aliphatic heterocycles. The molecule has 1 saturated heterocycles. The van der Waals surface area contributed by atoms with Gasteiger partial charge in [-0.1, -0.05) is 19.4 Å². The number of rotatable bonds is 11. The lowest BCUT2D eigenvalue weighted by molar-refractivity contribution is -0.117. The number of fused-ring (bicyclic) bond motifs is 1. The third-order valence-corrected chi connectivity index (χ3v) is 5.32. The van der Waals surface area contributed by atoms with E-state index < -0.39 is 0 Å². The van der Waals surface area contributed by atoms with Crippen LogP contribution in [0.3, 0.4) is 0 Å². The van der Waals surface area contributed by atoms with E-state index in [0.717, 1.165) is 70.1 Å². The Bertz CT molecular complexity index is 797. The highest BCUT2D eigenvalue weighted by atomic mass is 16.7. The Kier molecular flexibility index (Phi) is 9.00. The second kappa shape index (κ2) is 12.2. The Balaban J connectivity index is 1.38. The number of hydrogen-bond donors (Lipinski definition) is 1. The van der Waals surface area contributed by atoms with E-state index in [9.17, 15) is 10.1 Å². The minimum Gasteiger partial charge on any atom is -0.454 e. The van der Waals surface area contributed by atoms with Crippen LogP contribution in [0.1, 0.15) is 31.7 Å². The molecule has 1 N–H and O–H groups in total. The maximum absolute atomic E-state index is 12.3. The van der Waals surface area contributed by atoms with Crippen LogP contribution in [0.2, 0.25) is 0 Å². The normalized spacial score (nSPS) is 16.3. The van der Waals surface area contributed by atoms with E-state index in [1.807, 2.05) is 23.1 Å². The quantitative estimate of drug-likeness (QED) is 0.329. The summed E-state index contributed by atoms with van der Waals surface area (Å²) in [6.07, 6.45) is 4.59. The summed E-state index contributed by atoms with van der Waals surface area (Å²) in [5.41, 5.74) is 1.33. The van der Waals surface area contributed by atoms with Gasteiger partial charge in [-0.05, 0) is 30.5 Å². The molecule has 1 aromatic rings. The van der Waals surface area contributed by atoms with E-state index >= 15 is 0 Å². The largest absolute Gasteiger partial charge is 0.454 e. The Morgan fingerprint density at radius 3 is 2.74 bits per heavy atom. The van der Waals surface area contributed by atoms with Crippen LogP contribution < -0.4 is 14.8 Å². The van der Waals surface area contributed by atoms with Crippen LogP contribution in [0.15, 0.2) is 30.0 Å². The van der Waals surface area contributed by atoms with Crippen LogP contribution >= 0.6 is 0 Å². The molecule has 0 atom stereocenters. The lowest BCUT2D eigenvalue weighted by Gasteiger charge is -2.34. The molecular formula is C23H32N4O4. The molecule has 0 aliphatic carbocycles. The van der Waals surface area contributed by atoms with Crippen molar-refractivity contribution >= 4 is 5.91 Å². The zero-order valence-electron chi connectivity index (χ0n) is 18.3. The molecule has 0 saturated carbocycles. The first-order valence-corrected chi connectivity index (χ1v) is 11.0. The smallest absolute Gasteiger partial charge is 0.263 e. The fraction of sp³-hybridized carbons (Fsp3) is 0.565. The van der Waals surface area contributed by atoms with Gasteiger partial charge in [0.1, 0.15) is 11.6 Å². The Morgan fingerprint density at radius 1 is 1.19 bits per heavy atom. The van der Waals surface area contributed by atoms with Gasteiger partial charge in [0.2, 0.25) is 6.79 Å². The van der Waals surface area contributed by atoms with Crippen molar-refractivity contribution in [2.75, 3.05) is 52.7 Å². The third-order valence-electron chi connectivity index (χ3n) is 5.32. The van der Waals surface area contributed by atoms with Crippen molar-refractivity contribution in [2.45, 2.75) is 32.7 Å². The zero-order valence-corrected chi connectivity index (χ0v) is 18.3. The van der Waals surface area contributed by atoms with Crippen molar-refractivity contribution in [2.24, 2.45) is 0 Å². The molecule has 1 amide bonds. The van der Waals surface area contributed by atoms with Gasteiger partial charge in [-0.2, -0.15) is 5.26 Å². The van der Waals surface area contributed by atoms with Gasteiger partial charge >= 0.3 is 0 Å². The molecule has 0 unspecified atom stereocenters. The summed E-state index contributed by atoms with van der Waals surface area (Å²) in [7, 11) is 0. The predicted molar refractivity (Wildman–Crippen MR) is 116 cm³/mol. The molecule has 8 heteroatoms. The first-order chi connectivity index (χ1) is 15.2.